The van der Waals surface area contributed by atoms with Crippen molar-refractivity contribution in [2.24, 2.45) is 5.92 Å². The molecule has 1 nitrogen and oxygen atoms in total. The Morgan fingerprint density at radius 3 is 2.25 bits per heavy atom. The largest absolute Gasteiger partial charge is 0.507 e. The molecule has 0 aromatic heterocycles. The molecule has 0 saturated heterocycles. The van der Waals surface area contributed by atoms with Crippen molar-refractivity contribution in [2.75, 3.05) is 0 Å². The van der Waals surface area contributed by atoms with Gasteiger partial charge >= 0.3 is 0 Å². The number of phenolic OH excluding ortho intramolecular Hbond substituents is 1. The molecule has 0 amide bonds. The Morgan fingerprint density at radius 1 is 0.800 bits per heavy atom. The second-order valence-electron chi connectivity index (χ2n) is 5.92. The molecule has 3 aromatic carbocycles. The Morgan fingerprint density at radius 2 is 1.50 bits per heavy atom. The maximum atomic E-state index is 10.2. The van der Waals surface area contributed by atoms with Crippen molar-refractivity contribution in [3.63, 3.8) is 0 Å². The molecule has 0 radical (unpaired) electrons. The van der Waals surface area contributed by atoms with E-state index in [2.05, 4.69) is 57.2 Å². The van der Waals surface area contributed by atoms with Gasteiger partial charge in [0.15, 0.2) is 0 Å². The monoisotopic (exact) mass is 264 g/mol. The van der Waals surface area contributed by atoms with Gasteiger partial charge in [0.2, 0.25) is 0 Å². The smallest absolute Gasteiger partial charge is 0.123 e. The molecule has 102 valence electrons. The van der Waals surface area contributed by atoms with Gasteiger partial charge in [-0.05, 0) is 45.7 Å². The SMILES string of the molecule is CC(C)C(C)c1c2ccccc2cc2c(O)cccc12. The predicted octanol–water partition coefficient (Wildman–Crippen LogP) is 5.46. The third-order valence-electron chi connectivity index (χ3n) is 4.38. The number of fused-ring (bicyclic) bond motifs is 2. The minimum absolute atomic E-state index is 0.366. The lowest BCUT2D eigenvalue weighted by molar-refractivity contribution is 0.481. The maximum Gasteiger partial charge on any atom is 0.123 e. The van der Waals surface area contributed by atoms with E-state index in [1.54, 1.807) is 6.07 Å². The van der Waals surface area contributed by atoms with Crippen LogP contribution in [0.3, 0.4) is 0 Å². The van der Waals surface area contributed by atoms with Gasteiger partial charge in [-0.25, -0.2) is 0 Å². The highest BCUT2D eigenvalue weighted by atomic mass is 16.3. The van der Waals surface area contributed by atoms with Gasteiger partial charge in [-0.3, -0.25) is 0 Å². The van der Waals surface area contributed by atoms with E-state index in [0.717, 1.165) is 5.39 Å². The van der Waals surface area contributed by atoms with Crippen molar-refractivity contribution < 1.29 is 5.11 Å². The zero-order valence-electron chi connectivity index (χ0n) is 12.2. The van der Waals surface area contributed by atoms with Crippen molar-refractivity contribution >= 4 is 21.5 Å². The molecule has 20 heavy (non-hydrogen) atoms. The highest BCUT2D eigenvalue weighted by molar-refractivity contribution is 6.04. The van der Waals surface area contributed by atoms with Gasteiger partial charge in [0.1, 0.15) is 5.75 Å². The van der Waals surface area contributed by atoms with Gasteiger partial charge in [-0.2, -0.15) is 0 Å². The summed E-state index contributed by atoms with van der Waals surface area (Å²) in [6.45, 7) is 6.78. The lowest BCUT2D eigenvalue weighted by Crippen LogP contribution is -2.04. The average molecular weight is 264 g/mol. The normalized spacial score (nSPS) is 13.2. The van der Waals surface area contributed by atoms with E-state index in [1.807, 2.05) is 6.07 Å². The molecule has 0 bridgehead atoms. The van der Waals surface area contributed by atoms with Crippen molar-refractivity contribution in [3.8, 4) is 5.75 Å². The molecule has 3 rings (SSSR count). The maximum absolute atomic E-state index is 10.2. The number of aromatic hydroxyl groups is 1. The van der Waals surface area contributed by atoms with E-state index in [4.69, 9.17) is 0 Å². The Kier molecular flexibility index (Phi) is 3.13. The van der Waals surface area contributed by atoms with Crippen LogP contribution in [0.2, 0.25) is 0 Å². The fourth-order valence-electron chi connectivity index (χ4n) is 2.93. The molecule has 0 aliphatic rings. The van der Waals surface area contributed by atoms with Crippen LogP contribution >= 0.6 is 0 Å². The summed E-state index contributed by atoms with van der Waals surface area (Å²) in [7, 11) is 0. The summed E-state index contributed by atoms with van der Waals surface area (Å²) in [6, 6.07) is 16.4. The molecule has 0 spiro atoms. The van der Waals surface area contributed by atoms with Crippen LogP contribution in [0.1, 0.15) is 32.3 Å². The number of hydrogen-bond donors (Lipinski definition) is 1. The molecule has 0 fully saturated rings. The van der Waals surface area contributed by atoms with E-state index in [9.17, 15) is 5.11 Å². The Labute approximate surface area is 119 Å². The highest BCUT2D eigenvalue weighted by Crippen LogP contribution is 2.39. The fraction of sp³-hybridized carbons (Fsp3) is 0.263. The number of phenols is 1. The van der Waals surface area contributed by atoms with Crippen LogP contribution < -0.4 is 0 Å². The van der Waals surface area contributed by atoms with E-state index in [-0.39, 0.29) is 0 Å². The zero-order chi connectivity index (χ0) is 14.3. The quantitative estimate of drug-likeness (QED) is 0.609. The fourth-order valence-corrected chi connectivity index (χ4v) is 2.93. The molecule has 0 aliphatic heterocycles. The van der Waals surface area contributed by atoms with E-state index in [0.29, 0.717) is 17.6 Å². The third kappa shape index (κ3) is 1.94. The standard InChI is InChI=1S/C19H20O/c1-12(2)13(3)19-15-8-5-4-7-14(15)11-17-16(19)9-6-10-18(17)20/h4-13,20H,1-3H3. The van der Waals surface area contributed by atoms with E-state index in [1.165, 1.54) is 21.7 Å². The predicted molar refractivity (Wildman–Crippen MR) is 86.4 cm³/mol. The number of hydrogen-bond acceptors (Lipinski definition) is 1. The minimum Gasteiger partial charge on any atom is -0.507 e. The Hall–Kier alpha value is -2.02. The van der Waals surface area contributed by atoms with E-state index < -0.39 is 0 Å². The average Bonchev–Trinajstić information content (AvgIpc) is 2.45. The summed E-state index contributed by atoms with van der Waals surface area (Å²) in [5, 5.41) is 14.8. The molecule has 1 unspecified atom stereocenters. The summed E-state index contributed by atoms with van der Waals surface area (Å²) in [5.74, 6) is 1.38. The number of rotatable bonds is 2. The van der Waals surface area contributed by atoms with Crippen LogP contribution in [0.15, 0.2) is 48.5 Å². The molecule has 3 aromatic rings. The molecular formula is C19H20O. The zero-order valence-corrected chi connectivity index (χ0v) is 12.2. The van der Waals surface area contributed by atoms with Gasteiger partial charge < -0.3 is 5.11 Å². The molecule has 1 atom stereocenters. The van der Waals surface area contributed by atoms with Crippen LogP contribution in [0.4, 0.5) is 0 Å². The van der Waals surface area contributed by atoms with Gasteiger partial charge in [-0.1, -0.05) is 57.2 Å². The van der Waals surface area contributed by atoms with E-state index >= 15 is 0 Å². The van der Waals surface area contributed by atoms with Crippen molar-refractivity contribution in [1.82, 2.24) is 0 Å². The Bertz CT molecular complexity index is 771. The third-order valence-corrected chi connectivity index (χ3v) is 4.38. The lowest BCUT2D eigenvalue weighted by atomic mass is 9.83. The summed E-state index contributed by atoms with van der Waals surface area (Å²) in [5.41, 5.74) is 1.35. The van der Waals surface area contributed by atoms with Crippen LogP contribution in [0, 0.1) is 5.92 Å². The molecule has 0 saturated carbocycles. The van der Waals surface area contributed by atoms with Gasteiger partial charge in [-0.15, -0.1) is 0 Å². The lowest BCUT2D eigenvalue weighted by Gasteiger charge is -2.21. The topological polar surface area (TPSA) is 20.2 Å². The van der Waals surface area contributed by atoms with Gasteiger partial charge in [0, 0.05) is 5.39 Å². The first-order valence-corrected chi connectivity index (χ1v) is 7.23. The summed E-state index contributed by atoms with van der Waals surface area (Å²) < 4.78 is 0. The van der Waals surface area contributed by atoms with Crippen LogP contribution in [-0.2, 0) is 0 Å². The summed E-state index contributed by atoms with van der Waals surface area (Å²) in [4.78, 5) is 0. The summed E-state index contributed by atoms with van der Waals surface area (Å²) in [6.07, 6.45) is 0. The van der Waals surface area contributed by atoms with Crippen LogP contribution in [-0.4, -0.2) is 5.11 Å². The first-order chi connectivity index (χ1) is 9.59. The van der Waals surface area contributed by atoms with Crippen molar-refractivity contribution in [3.05, 3.63) is 54.1 Å². The molecule has 1 N–H and O–H groups in total. The summed E-state index contributed by atoms with van der Waals surface area (Å²) >= 11 is 0. The second kappa shape index (κ2) is 4.82. The van der Waals surface area contributed by atoms with Crippen molar-refractivity contribution in [1.29, 1.82) is 0 Å². The van der Waals surface area contributed by atoms with Gasteiger partial charge in [0.05, 0.1) is 0 Å². The second-order valence-corrected chi connectivity index (χ2v) is 5.92. The molecule has 1 heteroatoms. The molecular weight excluding hydrogens is 244 g/mol. The molecule has 0 heterocycles. The number of benzene rings is 3. The van der Waals surface area contributed by atoms with Crippen molar-refractivity contribution in [2.45, 2.75) is 26.7 Å². The molecule has 0 aliphatic carbocycles. The Balaban J connectivity index is 2.50. The van der Waals surface area contributed by atoms with Gasteiger partial charge in [0.25, 0.3) is 0 Å². The first-order valence-electron chi connectivity index (χ1n) is 7.23. The highest BCUT2D eigenvalue weighted by Gasteiger charge is 2.17. The van der Waals surface area contributed by atoms with Crippen LogP contribution in [0.5, 0.6) is 5.75 Å². The van der Waals surface area contributed by atoms with Crippen LogP contribution in [0.25, 0.3) is 21.5 Å². The minimum atomic E-state index is 0.366. The first kappa shape index (κ1) is 13.0.